The van der Waals surface area contributed by atoms with Gasteiger partial charge in [0.1, 0.15) is 48.8 Å². The molecule has 2 aliphatic rings. The molecule has 2 rings (SSSR count). The van der Waals surface area contributed by atoms with E-state index >= 15 is 0 Å². The van der Waals surface area contributed by atoms with Gasteiger partial charge in [0.15, 0.2) is 6.29 Å². The van der Waals surface area contributed by atoms with Crippen LogP contribution < -0.4 is 0 Å². The molecule has 2 saturated heterocycles. The predicted molar refractivity (Wildman–Crippen MR) is 82.3 cm³/mol. The summed E-state index contributed by atoms with van der Waals surface area (Å²) in [5, 5.41) is 68.6. The van der Waals surface area contributed by atoms with E-state index in [9.17, 15) is 35.7 Å². The molecule has 7 N–H and O–H groups in total. The Balaban J connectivity index is 2.11. The molecule has 0 unspecified atom stereocenters. The Kier molecular flexibility index (Phi) is 7.73. The minimum atomic E-state index is -1.70. The quantitative estimate of drug-likeness (QED) is 0.224. The van der Waals surface area contributed by atoms with E-state index in [2.05, 4.69) is 0 Å². The molecular weight excluding hydrogens is 356 g/mol. The minimum absolute atomic E-state index is 0.610. The van der Waals surface area contributed by atoms with Crippen LogP contribution in [0.4, 0.5) is 0 Å². The SMILES string of the molecule is C/C=C/O[C@@H]1O[C@H](CO)[C@@H](O[C@@H]2O[C@H](CO)[C@H](O)[C@H](O)[C@H]2O)[C@H](O)[C@H]1O. The monoisotopic (exact) mass is 382 g/mol. The van der Waals surface area contributed by atoms with E-state index < -0.39 is 74.6 Å². The summed E-state index contributed by atoms with van der Waals surface area (Å²) >= 11 is 0. The van der Waals surface area contributed by atoms with Gasteiger partial charge in [-0.1, -0.05) is 6.08 Å². The molecule has 10 atom stereocenters. The topological polar surface area (TPSA) is 179 Å². The zero-order valence-electron chi connectivity index (χ0n) is 14.1. The van der Waals surface area contributed by atoms with Crippen molar-refractivity contribution in [3.8, 4) is 0 Å². The van der Waals surface area contributed by atoms with E-state index in [-0.39, 0.29) is 0 Å². The molecule has 2 aliphatic heterocycles. The summed E-state index contributed by atoms with van der Waals surface area (Å²) in [4.78, 5) is 0. The van der Waals surface area contributed by atoms with Crippen LogP contribution in [0.5, 0.6) is 0 Å². The van der Waals surface area contributed by atoms with Crippen molar-refractivity contribution in [2.24, 2.45) is 0 Å². The summed E-state index contributed by atoms with van der Waals surface area (Å²) in [5.41, 5.74) is 0. The molecule has 26 heavy (non-hydrogen) atoms. The van der Waals surface area contributed by atoms with E-state index in [1.165, 1.54) is 12.3 Å². The van der Waals surface area contributed by atoms with Gasteiger partial charge >= 0.3 is 0 Å². The maximum Gasteiger partial charge on any atom is 0.228 e. The van der Waals surface area contributed by atoms with Crippen LogP contribution in [0.1, 0.15) is 6.92 Å². The molecule has 11 heteroatoms. The van der Waals surface area contributed by atoms with E-state index in [4.69, 9.17) is 18.9 Å². The summed E-state index contributed by atoms with van der Waals surface area (Å²) in [6, 6.07) is 0. The molecule has 0 aromatic rings. The van der Waals surface area contributed by atoms with Crippen molar-refractivity contribution in [2.45, 2.75) is 68.3 Å². The number of rotatable bonds is 6. The Morgan fingerprint density at radius 1 is 0.769 bits per heavy atom. The van der Waals surface area contributed by atoms with Crippen LogP contribution in [0.15, 0.2) is 12.3 Å². The van der Waals surface area contributed by atoms with Crippen LogP contribution in [0.25, 0.3) is 0 Å². The molecule has 2 heterocycles. The average molecular weight is 382 g/mol. The maximum absolute atomic E-state index is 10.3. The van der Waals surface area contributed by atoms with Crippen LogP contribution in [0.3, 0.4) is 0 Å². The smallest absolute Gasteiger partial charge is 0.228 e. The second-order valence-electron chi connectivity index (χ2n) is 6.11. The summed E-state index contributed by atoms with van der Waals surface area (Å²) in [6.07, 6.45) is -11.8. The Morgan fingerprint density at radius 3 is 1.92 bits per heavy atom. The van der Waals surface area contributed by atoms with Crippen LogP contribution in [-0.2, 0) is 18.9 Å². The summed E-state index contributed by atoms with van der Waals surface area (Å²) in [6.45, 7) is 0.404. The lowest BCUT2D eigenvalue weighted by Crippen LogP contribution is -2.64. The van der Waals surface area contributed by atoms with Gasteiger partial charge in [0, 0.05) is 0 Å². The third kappa shape index (κ3) is 4.34. The van der Waals surface area contributed by atoms with Gasteiger partial charge in [0.05, 0.1) is 19.5 Å². The number of aliphatic hydroxyl groups excluding tert-OH is 7. The Morgan fingerprint density at radius 2 is 1.35 bits per heavy atom. The van der Waals surface area contributed by atoms with Crippen molar-refractivity contribution in [3.05, 3.63) is 12.3 Å². The second kappa shape index (κ2) is 9.37. The summed E-state index contributed by atoms with van der Waals surface area (Å²) in [7, 11) is 0. The fourth-order valence-corrected chi connectivity index (χ4v) is 2.82. The Labute approximate surface area is 149 Å². The molecule has 11 nitrogen and oxygen atoms in total. The molecule has 0 saturated carbocycles. The first-order valence-electron chi connectivity index (χ1n) is 8.20. The molecule has 0 spiro atoms. The van der Waals surface area contributed by atoms with E-state index in [1.807, 2.05) is 0 Å². The van der Waals surface area contributed by atoms with Crippen LogP contribution in [-0.4, -0.2) is 110 Å². The highest BCUT2D eigenvalue weighted by Crippen LogP contribution is 2.29. The van der Waals surface area contributed by atoms with Crippen molar-refractivity contribution in [2.75, 3.05) is 13.2 Å². The zero-order chi connectivity index (χ0) is 19.4. The van der Waals surface area contributed by atoms with E-state index in [1.54, 1.807) is 6.92 Å². The van der Waals surface area contributed by atoms with Crippen molar-refractivity contribution in [1.29, 1.82) is 0 Å². The van der Waals surface area contributed by atoms with Gasteiger partial charge in [0.25, 0.3) is 0 Å². The van der Waals surface area contributed by atoms with Gasteiger partial charge in [-0.25, -0.2) is 0 Å². The maximum atomic E-state index is 10.3. The van der Waals surface area contributed by atoms with Crippen LogP contribution >= 0.6 is 0 Å². The third-order valence-corrected chi connectivity index (χ3v) is 4.31. The van der Waals surface area contributed by atoms with Gasteiger partial charge in [-0.15, -0.1) is 0 Å². The molecule has 0 bridgehead atoms. The highest BCUT2D eigenvalue weighted by atomic mass is 16.7. The lowest BCUT2D eigenvalue weighted by Gasteiger charge is -2.45. The first kappa shape index (κ1) is 21.4. The standard InChI is InChI=1S/C15H26O11/c1-2-3-23-14-12(22)10(20)13(7(5-17)25-14)26-15-11(21)9(19)8(18)6(4-16)24-15/h2-3,6-22H,4-5H2,1H3/b3-2+/t6-,7-,8+,9+,10-,11-,12-,13-,14-,15+/m1/s1. The van der Waals surface area contributed by atoms with Gasteiger partial charge in [-0.3, -0.25) is 0 Å². The van der Waals surface area contributed by atoms with Crippen LogP contribution in [0, 0.1) is 0 Å². The molecule has 0 amide bonds. The normalized spacial score (nSPS) is 47.2. The Hall–Kier alpha value is -0.860. The average Bonchev–Trinajstić information content (AvgIpc) is 2.64. The van der Waals surface area contributed by atoms with Crippen LogP contribution in [0.2, 0.25) is 0 Å². The van der Waals surface area contributed by atoms with Gasteiger partial charge in [-0.2, -0.15) is 0 Å². The van der Waals surface area contributed by atoms with Crippen molar-refractivity contribution >= 4 is 0 Å². The molecule has 0 aromatic heterocycles. The van der Waals surface area contributed by atoms with Crippen molar-refractivity contribution in [3.63, 3.8) is 0 Å². The molecular formula is C15H26O11. The van der Waals surface area contributed by atoms with E-state index in [0.29, 0.717) is 0 Å². The second-order valence-corrected chi connectivity index (χ2v) is 6.11. The lowest BCUT2D eigenvalue weighted by molar-refractivity contribution is -0.355. The van der Waals surface area contributed by atoms with E-state index in [0.717, 1.165) is 0 Å². The van der Waals surface area contributed by atoms with Gasteiger partial charge in [0.2, 0.25) is 6.29 Å². The predicted octanol–water partition coefficient (Wildman–Crippen LogP) is -3.84. The van der Waals surface area contributed by atoms with Crippen molar-refractivity contribution in [1.82, 2.24) is 0 Å². The van der Waals surface area contributed by atoms with Gasteiger partial charge < -0.3 is 54.7 Å². The fourth-order valence-electron chi connectivity index (χ4n) is 2.82. The highest BCUT2D eigenvalue weighted by molar-refractivity contribution is 4.94. The Bertz CT molecular complexity index is 457. The molecule has 0 radical (unpaired) electrons. The molecule has 152 valence electrons. The van der Waals surface area contributed by atoms with Gasteiger partial charge in [-0.05, 0) is 6.92 Å². The number of aliphatic hydroxyl groups is 7. The lowest BCUT2D eigenvalue weighted by atomic mass is 9.97. The fraction of sp³-hybridized carbons (Fsp3) is 0.867. The summed E-state index contributed by atoms with van der Waals surface area (Å²) < 4.78 is 21.1. The number of ether oxygens (including phenoxy) is 4. The number of hydrogen-bond donors (Lipinski definition) is 7. The third-order valence-electron chi connectivity index (χ3n) is 4.31. The molecule has 0 aromatic carbocycles. The number of allylic oxidation sites excluding steroid dienone is 1. The zero-order valence-corrected chi connectivity index (χ0v) is 14.1. The van der Waals surface area contributed by atoms with Crippen molar-refractivity contribution < 1.29 is 54.7 Å². The highest BCUT2D eigenvalue weighted by Gasteiger charge is 2.50. The number of hydrogen-bond acceptors (Lipinski definition) is 11. The molecule has 2 fully saturated rings. The molecule has 0 aliphatic carbocycles. The minimum Gasteiger partial charge on any atom is -0.470 e. The summed E-state index contributed by atoms with van der Waals surface area (Å²) in [5.74, 6) is 0. The first-order chi connectivity index (χ1) is 12.3. The largest absolute Gasteiger partial charge is 0.470 e. The first-order valence-corrected chi connectivity index (χ1v) is 8.20.